The van der Waals surface area contributed by atoms with Crippen molar-refractivity contribution in [2.75, 3.05) is 37.6 Å². The summed E-state index contributed by atoms with van der Waals surface area (Å²) in [7, 11) is 0. The van der Waals surface area contributed by atoms with Gasteiger partial charge >= 0.3 is 6.09 Å². The number of hydrogen-bond donors (Lipinski definition) is 1. The van der Waals surface area contributed by atoms with E-state index in [2.05, 4.69) is 46.0 Å². The SMILES string of the molecule is CCN1CCN(c2ccc(-c3cn4cccc(OC(N)=O)c4n3)cc2)CC1. The fourth-order valence-corrected chi connectivity index (χ4v) is 3.48. The van der Waals surface area contributed by atoms with Gasteiger partial charge in [-0.15, -0.1) is 0 Å². The molecule has 7 nitrogen and oxygen atoms in total. The molecule has 27 heavy (non-hydrogen) atoms. The molecule has 7 heteroatoms. The Hall–Kier alpha value is -3.06. The molecule has 2 aromatic heterocycles. The lowest BCUT2D eigenvalue weighted by atomic mass is 10.1. The first-order valence-corrected chi connectivity index (χ1v) is 9.17. The third kappa shape index (κ3) is 3.59. The number of anilines is 1. The average Bonchev–Trinajstić information content (AvgIpc) is 3.13. The van der Waals surface area contributed by atoms with Crippen LogP contribution in [-0.4, -0.2) is 53.1 Å². The van der Waals surface area contributed by atoms with Crippen LogP contribution in [0.15, 0.2) is 48.8 Å². The third-order valence-electron chi connectivity index (χ3n) is 5.01. The number of benzene rings is 1. The van der Waals surface area contributed by atoms with Gasteiger partial charge in [0, 0.05) is 49.8 Å². The molecule has 2 N–H and O–H groups in total. The molecule has 3 heterocycles. The first kappa shape index (κ1) is 17.4. The van der Waals surface area contributed by atoms with Crippen molar-refractivity contribution in [1.82, 2.24) is 14.3 Å². The number of likely N-dealkylation sites (N-methyl/N-ethyl adjacent to an activating group) is 1. The molecule has 3 aromatic rings. The Balaban J connectivity index is 1.56. The molecule has 140 valence electrons. The van der Waals surface area contributed by atoms with Crippen LogP contribution in [0.2, 0.25) is 0 Å². The van der Waals surface area contributed by atoms with E-state index in [0.717, 1.165) is 44.0 Å². The molecule has 1 aliphatic heterocycles. The standard InChI is InChI=1S/C20H23N5O2/c1-2-23-10-12-24(13-11-23)16-7-5-15(6-8-16)17-14-25-9-3-4-18(19(25)22-17)27-20(21)26/h3-9,14H,2,10-13H2,1H3,(H2,21,26). The van der Waals surface area contributed by atoms with Gasteiger partial charge in [-0.3, -0.25) is 0 Å². The number of carbonyl (C=O) groups is 1. The van der Waals surface area contributed by atoms with Crippen LogP contribution in [0.4, 0.5) is 10.5 Å². The minimum atomic E-state index is -0.847. The van der Waals surface area contributed by atoms with Crippen molar-refractivity contribution < 1.29 is 9.53 Å². The van der Waals surface area contributed by atoms with Crippen molar-refractivity contribution in [3.63, 3.8) is 0 Å². The summed E-state index contributed by atoms with van der Waals surface area (Å²) in [6, 6.07) is 11.9. The number of aromatic nitrogens is 2. The lowest BCUT2D eigenvalue weighted by Gasteiger charge is -2.35. The van der Waals surface area contributed by atoms with E-state index in [9.17, 15) is 4.79 Å². The van der Waals surface area contributed by atoms with Crippen molar-refractivity contribution in [3.05, 3.63) is 48.8 Å². The molecule has 0 bridgehead atoms. The molecule has 1 aliphatic rings. The number of amides is 1. The first-order valence-electron chi connectivity index (χ1n) is 9.17. The zero-order valence-corrected chi connectivity index (χ0v) is 15.3. The minimum absolute atomic E-state index is 0.349. The van der Waals surface area contributed by atoms with E-state index in [4.69, 9.17) is 10.5 Å². The summed E-state index contributed by atoms with van der Waals surface area (Å²) < 4.78 is 6.86. The number of rotatable bonds is 4. The Morgan fingerprint density at radius 1 is 1.15 bits per heavy atom. The largest absolute Gasteiger partial charge is 0.410 e. The van der Waals surface area contributed by atoms with Gasteiger partial charge in [0.2, 0.25) is 0 Å². The second kappa shape index (κ2) is 7.28. The van der Waals surface area contributed by atoms with Gasteiger partial charge in [-0.05, 0) is 30.8 Å². The van der Waals surface area contributed by atoms with Crippen molar-refractivity contribution in [2.24, 2.45) is 5.73 Å². The number of imidazole rings is 1. The predicted octanol–water partition coefficient (Wildman–Crippen LogP) is 2.60. The molecule has 1 saturated heterocycles. The maximum absolute atomic E-state index is 11.1. The van der Waals surface area contributed by atoms with Crippen molar-refractivity contribution in [1.29, 1.82) is 0 Å². The number of pyridine rings is 1. The van der Waals surface area contributed by atoms with E-state index in [1.165, 1.54) is 5.69 Å². The van der Waals surface area contributed by atoms with Crippen LogP contribution in [0, 0.1) is 0 Å². The summed E-state index contributed by atoms with van der Waals surface area (Å²) in [5, 5.41) is 0. The van der Waals surface area contributed by atoms with E-state index < -0.39 is 6.09 Å². The summed E-state index contributed by atoms with van der Waals surface area (Å²) in [4.78, 5) is 20.6. The highest BCUT2D eigenvalue weighted by Crippen LogP contribution is 2.26. The fraction of sp³-hybridized carbons (Fsp3) is 0.300. The normalized spacial score (nSPS) is 15.2. The lowest BCUT2D eigenvalue weighted by Crippen LogP contribution is -2.46. The van der Waals surface area contributed by atoms with E-state index in [-0.39, 0.29) is 0 Å². The maximum atomic E-state index is 11.1. The number of nitrogens with zero attached hydrogens (tertiary/aromatic N) is 4. The van der Waals surface area contributed by atoms with Gasteiger partial charge in [0.25, 0.3) is 0 Å². The second-order valence-electron chi connectivity index (χ2n) is 6.62. The number of nitrogens with two attached hydrogens (primary N) is 1. The molecule has 1 amide bonds. The molecule has 4 rings (SSSR count). The number of primary amides is 1. The Bertz CT molecular complexity index is 943. The van der Waals surface area contributed by atoms with Crippen LogP contribution >= 0.6 is 0 Å². The summed E-state index contributed by atoms with van der Waals surface area (Å²) >= 11 is 0. The molecular formula is C20H23N5O2. The van der Waals surface area contributed by atoms with Gasteiger partial charge in [0.05, 0.1) is 5.69 Å². The molecule has 0 unspecified atom stereocenters. The summed E-state index contributed by atoms with van der Waals surface area (Å²) in [5.74, 6) is 0.349. The van der Waals surface area contributed by atoms with E-state index in [1.807, 2.05) is 16.8 Å². The van der Waals surface area contributed by atoms with Gasteiger partial charge in [0.15, 0.2) is 11.4 Å². The van der Waals surface area contributed by atoms with Crippen LogP contribution in [0.5, 0.6) is 5.75 Å². The summed E-state index contributed by atoms with van der Waals surface area (Å²) in [6.45, 7) is 7.63. The zero-order chi connectivity index (χ0) is 18.8. The van der Waals surface area contributed by atoms with E-state index >= 15 is 0 Å². The second-order valence-corrected chi connectivity index (χ2v) is 6.62. The number of hydrogen-bond acceptors (Lipinski definition) is 5. The monoisotopic (exact) mass is 365 g/mol. The first-order chi connectivity index (χ1) is 13.1. The van der Waals surface area contributed by atoms with Gasteiger partial charge < -0.3 is 24.7 Å². The number of piperazine rings is 1. The summed E-state index contributed by atoms with van der Waals surface area (Å²) in [5.41, 5.74) is 8.76. The average molecular weight is 365 g/mol. The molecule has 0 aliphatic carbocycles. The Kier molecular flexibility index (Phi) is 4.68. The number of fused-ring (bicyclic) bond motifs is 1. The molecular weight excluding hydrogens is 342 g/mol. The Morgan fingerprint density at radius 3 is 2.56 bits per heavy atom. The third-order valence-corrected chi connectivity index (χ3v) is 5.01. The molecule has 1 fully saturated rings. The van der Waals surface area contributed by atoms with Crippen LogP contribution in [0.25, 0.3) is 16.9 Å². The van der Waals surface area contributed by atoms with Gasteiger partial charge in [-0.25, -0.2) is 9.78 Å². The highest BCUT2D eigenvalue weighted by atomic mass is 16.5. The molecule has 1 aromatic carbocycles. The van der Waals surface area contributed by atoms with Gasteiger partial charge in [0.1, 0.15) is 0 Å². The van der Waals surface area contributed by atoms with Crippen LogP contribution in [-0.2, 0) is 0 Å². The van der Waals surface area contributed by atoms with Crippen molar-refractivity contribution in [3.8, 4) is 17.0 Å². The van der Waals surface area contributed by atoms with Crippen LogP contribution < -0.4 is 15.4 Å². The lowest BCUT2D eigenvalue weighted by molar-refractivity contribution is 0.211. The minimum Gasteiger partial charge on any atom is -0.406 e. The number of carbonyl (C=O) groups excluding carboxylic acids is 1. The molecule has 0 spiro atoms. The number of ether oxygens (including phenoxy) is 1. The maximum Gasteiger partial charge on any atom is 0.410 e. The van der Waals surface area contributed by atoms with Crippen molar-refractivity contribution in [2.45, 2.75) is 6.92 Å². The fourth-order valence-electron chi connectivity index (χ4n) is 3.48. The quantitative estimate of drug-likeness (QED) is 0.769. The molecule has 0 radical (unpaired) electrons. The smallest absolute Gasteiger partial charge is 0.406 e. The van der Waals surface area contributed by atoms with Crippen molar-refractivity contribution >= 4 is 17.4 Å². The highest BCUT2D eigenvalue weighted by Gasteiger charge is 2.16. The predicted molar refractivity (Wildman–Crippen MR) is 105 cm³/mol. The summed E-state index contributed by atoms with van der Waals surface area (Å²) in [6.07, 6.45) is 2.93. The van der Waals surface area contributed by atoms with Gasteiger partial charge in [-0.2, -0.15) is 0 Å². The molecule has 0 saturated carbocycles. The van der Waals surface area contributed by atoms with Gasteiger partial charge in [-0.1, -0.05) is 19.1 Å². The topological polar surface area (TPSA) is 76.1 Å². The zero-order valence-electron chi connectivity index (χ0n) is 15.3. The Labute approximate surface area is 158 Å². The van der Waals surface area contributed by atoms with E-state index in [1.54, 1.807) is 12.1 Å². The highest BCUT2D eigenvalue weighted by molar-refractivity contribution is 5.73. The van der Waals surface area contributed by atoms with Crippen LogP contribution in [0.3, 0.4) is 0 Å². The molecule has 0 atom stereocenters. The van der Waals surface area contributed by atoms with Crippen LogP contribution in [0.1, 0.15) is 6.92 Å². The van der Waals surface area contributed by atoms with E-state index in [0.29, 0.717) is 11.4 Å². The Morgan fingerprint density at radius 2 is 1.89 bits per heavy atom.